The normalized spacial score (nSPS) is 14.9. The number of nitrogens with two attached hydrogens (primary N) is 1. The maximum Gasteiger partial charge on any atom is 0.277 e. The molecule has 3 N–H and O–H groups in total. The minimum absolute atomic E-state index is 0.181. The van der Waals surface area contributed by atoms with Crippen LogP contribution in [0.25, 0.3) is 0 Å². The lowest BCUT2D eigenvalue weighted by molar-refractivity contribution is -0.894. The molecule has 6 nitrogen and oxygen atoms in total. The highest BCUT2D eigenvalue weighted by molar-refractivity contribution is 8.00. The first-order valence-electron chi connectivity index (χ1n) is 5.55. The molecule has 0 bridgehead atoms. The van der Waals surface area contributed by atoms with Gasteiger partial charge in [0.1, 0.15) is 0 Å². The Hall–Kier alpha value is -1.08. The highest BCUT2D eigenvalue weighted by atomic mass is 32.2. The Morgan fingerprint density at radius 2 is 2.18 bits per heavy atom. The predicted molar refractivity (Wildman–Crippen MR) is 64.7 cm³/mol. The molecule has 0 aliphatic heterocycles. The van der Waals surface area contributed by atoms with Gasteiger partial charge in [-0.25, -0.2) is 0 Å². The van der Waals surface area contributed by atoms with Crippen LogP contribution in [0.3, 0.4) is 0 Å². The topological polar surface area (TPSA) is 86.5 Å². The minimum atomic E-state index is -0.389. The minimum Gasteiger partial charge on any atom is -0.410 e. The second-order valence-corrected chi connectivity index (χ2v) is 5.40. The van der Waals surface area contributed by atoms with Gasteiger partial charge in [0.2, 0.25) is 5.91 Å². The van der Waals surface area contributed by atoms with Crippen molar-refractivity contribution in [3.8, 4) is 0 Å². The van der Waals surface area contributed by atoms with Gasteiger partial charge in [-0.2, -0.15) is 0 Å². The van der Waals surface area contributed by atoms with E-state index in [4.69, 9.17) is 10.2 Å². The molecule has 1 amide bonds. The summed E-state index contributed by atoms with van der Waals surface area (Å²) in [7, 11) is 4.08. The van der Waals surface area contributed by atoms with E-state index in [1.807, 2.05) is 14.1 Å². The van der Waals surface area contributed by atoms with Gasteiger partial charge in [-0.15, -0.1) is 10.2 Å². The highest BCUT2D eigenvalue weighted by Gasteiger charge is 2.23. The summed E-state index contributed by atoms with van der Waals surface area (Å²) >= 11 is 1.19. The van der Waals surface area contributed by atoms with E-state index in [0.717, 1.165) is 6.42 Å². The molecule has 7 heteroatoms. The number of carbonyl (C=O) groups is 1. The number of hydrogen-bond donors (Lipinski definition) is 2. The summed E-state index contributed by atoms with van der Waals surface area (Å²) in [5, 5.41) is 7.95. The summed E-state index contributed by atoms with van der Waals surface area (Å²) in [6.07, 6.45) is 0.917. The molecular weight excluding hydrogens is 240 g/mol. The molecule has 17 heavy (non-hydrogen) atoms. The van der Waals surface area contributed by atoms with Crippen molar-refractivity contribution in [3.05, 3.63) is 5.89 Å². The van der Waals surface area contributed by atoms with E-state index in [1.54, 1.807) is 6.92 Å². The fourth-order valence-corrected chi connectivity index (χ4v) is 2.09. The largest absolute Gasteiger partial charge is 0.410 e. The van der Waals surface area contributed by atoms with Gasteiger partial charge in [-0.1, -0.05) is 18.7 Å². The Labute approximate surface area is 105 Å². The zero-order valence-electron chi connectivity index (χ0n) is 10.6. The van der Waals surface area contributed by atoms with Crippen LogP contribution in [0.2, 0.25) is 0 Å². The molecule has 1 aromatic heterocycles. The summed E-state index contributed by atoms with van der Waals surface area (Å²) in [4.78, 5) is 12.1. The maximum absolute atomic E-state index is 10.9. The van der Waals surface area contributed by atoms with Crippen molar-refractivity contribution in [2.24, 2.45) is 5.73 Å². The van der Waals surface area contributed by atoms with Gasteiger partial charge in [0, 0.05) is 6.42 Å². The number of carbonyl (C=O) groups excluding carboxylic acids is 1. The van der Waals surface area contributed by atoms with Crippen molar-refractivity contribution in [2.75, 3.05) is 14.1 Å². The molecule has 0 aromatic carbocycles. The van der Waals surface area contributed by atoms with Gasteiger partial charge in [-0.05, 0) is 6.92 Å². The fraction of sp³-hybridized carbons (Fsp3) is 0.700. The first kappa shape index (κ1) is 14.0. The van der Waals surface area contributed by atoms with Crippen LogP contribution in [-0.4, -0.2) is 35.4 Å². The first-order chi connectivity index (χ1) is 7.95. The molecule has 1 heterocycles. The van der Waals surface area contributed by atoms with Crippen molar-refractivity contribution in [1.29, 1.82) is 0 Å². The van der Waals surface area contributed by atoms with Gasteiger partial charge >= 0.3 is 0 Å². The lowest BCUT2D eigenvalue weighted by atomic mass is 10.2. The third-order valence-electron chi connectivity index (χ3n) is 2.50. The van der Waals surface area contributed by atoms with E-state index in [9.17, 15) is 4.79 Å². The highest BCUT2D eigenvalue weighted by Crippen LogP contribution is 2.23. The molecule has 1 aromatic rings. The van der Waals surface area contributed by atoms with Crippen LogP contribution in [0.5, 0.6) is 0 Å². The lowest BCUT2D eigenvalue weighted by Gasteiger charge is -2.15. The number of rotatable bonds is 6. The monoisotopic (exact) mass is 259 g/mol. The summed E-state index contributed by atoms with van der Waals surface area (Å²) in [6, 6.07) is 0.181. The number of thioether (sulfide) groups is 1. The molecule has 2 atom stereocenters. The van der Waals surface area contributed by atoms with Crippen molar-refractivity contribution in [2.45, 2.75) is 36.8 Å². The van der Waals surface area contributed by atoms with Crippen LogP contribution in [0.1, 0.15) is 32.2 Å². The second-order valence-electron chi connectivity index (χ2n) is 4.11. The lowest BCUT2D eigenvalue weighted by Crippen LogP contribution is -3.06. The zero-order chi connectivity index (χ0) is 13.0. The van der Waals surface area contributed by atoms with Crippen LogP contribution in [0.15, 0.2) is 9.64 Å². The maximum atomic E-state index is 10.9. The molecule has 0 aliphatic carbocycles. The zero-order valence-corrected chi connectivity index (χ0v) is 11.4. The van der Waals surface area contributed by atoms with E-state index < -0.39 is 0 Å². The van der Waals surface area contributed by atoms with E-state index in [2.05, 4.69) is 17.1 Å². The summed E-state index contributed by atoms with van der Waals surface area (Å²) in [5.74, 6) is 0.215. The van der Waals surface area contributed by atoms with Crippen LogP contribution >= 0.6 is 11.8 Å². The Morgan fingerprint density at radius 3 is 2.65 bits per heavy atom. The second kappa shape index (κ2) is 6.02. The predicted octanol–water partition coefficient (Wildman–Crippen LogP) is -0.369. The Kier molecular flexibility index (Phi) is 4.95. The van der Waals surface area contributed by atoms with Crippen molar-refractivity contribution in [3.63, 3.8) is 0 Å². The van der Waals surface area contributed by atoms with Gasteiger partial charge in [0.25, 0.3) is 11.1 Å². The molecular formula is C10H19N4O2S+. The van der Waals surface area contributed by atoms with Gasteiger partial charge in [0.05, 0.1) is 19.3 Å². The first-order valence-corrected chi connectivity index (χ1v) is 6.43. The van der Waals surface area contributed by atoms with E-state index in [1.165, 1.54) is 16.7 Å². The van der Waals surface area contributed by atoms with Crippen molar-refractivity contribution < 1.29 is 14.1 Å². The molecule has 0 saturated heterocycles. The number of primary amides is 1. The van der Waals surface area contributed by atoms with Crippen molar-refractivity contribution >= 4 is 17.7 Å². The average molecular weight is 259 g/mol. The SMILES string of the molecule is CC[C@H](c1nnc(S[C@H](C)C(N)=O)o1)[NH+](C)C. The Bertz CT molecular complexity index is 380. The molecule has 0 fully saturated rings. The van der Waals surface area contributed by atoms with Gasteiger partial charge in [-0.3, -0.25) is 4.79 Å². The quantitative estimate of drug-likeness (QED) is 0.681. The number of quaternary nitrogens is 1. The van der Waals surface area contributed by atoms with Crippen LogP contribution < -0.4 is 10.6 Å². The molecule has 0 unspecified atom stereocenters. The third-order valence-corrected chi connectivity index (χ3v) is 3.46. The number of amides is 1. The summed E-state index contributed by atoms with van der Waals surface area (Å²) in [5.41, 5.74) is 5.17. The molecule has 0 saturated carbocycles. The Balaban J connectivity index is 2.74. The van der Waals surface area contributed by atoms with Crippen LogP contribution in [-0.2, 0) is 4.79 Å². The van der Waals surface area contributed by atoms with Crippen LogP contribution in [0, 0.1) is 0 Å². The van der Waals surface area contributed by atoms with Gasteiger partial charge < -0.3 is 15.1 Å². The number of nitrogens with zero attached hydrogens (tertiary/aromatic N) is 2. The number of aromatic nitrogens is 2. The third kappa shape index (κ3) is 3.71. The fourth-order valence-electron chi connectivity index (χ4n) is 1.45. The van der Waals surface area contributed by atoms with Gasteiger partial charge in [0.15, 0.2) is 6.04 Å². The van der Waals surface area contributed by atoms with Crippen molar-refractivity contribution in [1.82, 2.24) is 10.2 Å². The molecule has 0 aliphatic rings. The molecule has 0 radical (unpaired) electrons. The van der Waals surface area contributed by atoms with E-state index in [-0.39, 0.29) is 17.2 Å². The smallest absolute Gasteiger partial charge is 0.277 e. The average Bonchev–Trinajstić information content (AvgIpc) is 2.66. The molecule has 1 rings (SSSR count). The standard InChI is InChI=1S/C10H18N4O2S/c1-5-7(14(3)4)9-12-13-10(16-9)17-6(2)8(11)15/h6-7H,5H2,1-4H3,(H2,11,15)/p+1/t6-,7-/m1/s1. The molecule has 0 spiro atoms. The Morgan fingerprint density at radius 1 is 1.53 bits per heavy atom. The van der Waals surface area contributed by atoms with Crippen LogP contribution in [0.4, 0.5) is 0 Å². The number of hydrogen-bond acceptors (Lipinski definition) is 5. The summed E-state index contributed by atoms with van der Waals surface area (Å²) < 4.78 is 5.53. The summed E-state index contributed by atoms with van der Waals surface area (Å²) in [6.45, 7) is 3.78. The molecule has 96 valence electrons. The number of nitrogens with one attached hydrogen (secondary N) is 1. The van der Waals surface area contributed by atoms with E-state index in [0.29, 0.717) is 11.1 Å². The van der Waals surface area contributed by atoms with E-state index >= 15 is 0 Å².